The predicted molar refractivity (Wildman–Crippen MR) is 74.6 cm³/mol. The van der Waals surface area contributed by atoms with E-state index in [9.17, 15) is 13.2 Å². The lowest BCUT2D eigenvalue weighted by Crippen LogP contribution is -2.36. The maximum atomic E-state index is 12.0. The zero-order chi connectivity index (χ0) is 15.2. The SMILES string of the molecule is CCC(CO)NS(=O)(=O)c1ccc(/C=C/C(=O)O)cc1. The number of carboxylic acids is 1. The molecule has 7 heteroatoms. The lowest BCUT2D eigenvalue weighted by molar-refractivity contribution is -0.131. The molecule has 0 spiro atoms. The van der Waals surface area contributed by atoms with E-state index in [-0.39, 0.29) is 11.5 Å². The van der Waals surface area contributed by atoms with E-state index in [1.807, 2.05) is 0 Å². The van der Waals surface area contributed by atoms with Gasteiger partial charge in [0.05, 0.1) is 11.5 Å². The molecule has 20 heavy (non-hydrogen) atoms. The number of sulfonamides is 1. The normalized spacial score (nSPS) is 13.5. The summed E-state index contributed by atoms with van der Waals surface area (Å²) in [6.07, 6.45) is 2.82. The van der Waals surface area contributed by atoms with Crippen LogP contribution in [0.1, 0.15) is 18.9 Å². The van der Waals surface area contributed by atoms with Gasteiger partial charge >= 0.3 is 5.97 Å². The van der Waals surface area contributed by atoms with Crippen LogP contribution in [0.25, 0.3) is 6.08 Å². The third-order valence-electron chi connectivity index (χ3n) is 2.64. The average Bonchev–Trinajstić information content (AvgIpc) is 2.43. The molecule has 0 fully saturated rings. The fourth-order valence-corrected chi connectivity index (χ4v) is 2.77. The highest BCUT2D eigenvalue weighted by molar-refractivity contribution is 7.89. The molecule has 1 aromatic carbocycles. The topological polar surface area (TPSA) is 104 Å². The minimum Gasteiger partial charge on any atom is -0.478 e. The van der Waals surface area contributed by atoms with E-state index in [2.05, 4.69) is 4.72 Å². The highest BCUT2D eigenvalue weighted by atomic mass is 32.2. The van der Waals surface area contributed by atoms with Gasteiger partial charge in [0.1, 0.15) is 0 Å². The summed E-state index contributed by atoms with van der Waals surface area (Å²) in [7, 11) is -3.68. The Hall–Kier alpha value is -1.70. The third kappa shape index (κ3) is 4.76. The van der Waals surface area contributed by atoms with Crippen molar-refractivity contribution in [2.75, 3.05) is 6.61 Å². The van der Waals surface area contributed by atoms with Crippen molar-refractivity contribution in [1.82, 2.24) is 4.72 Å². The van der Waals surface area contributed by atoms with Gasteiger partial charge in [-0.05, 0) is 30.2 Å². The van der Waals surface area contributed by atoms with Gasteiger partial charge in [-0.15, -0.1) is 0 Å². The number of hydrogen-bond donors (Lipinski definition) is 3. The van der Waals surface area contributed by atoms with Gasteiger partial charge in [0.2, 0.25) is 10.0 Å². The lowest BCUT2D eigenvalue weighted by Gasteiger charge is -2.14. The molecule has 0 radical (unpaired) electrons. The number of aliphatic hydroxyl groups excluding tert-OH is 1. The number of rotatable bonds is 7. The number of carbonyl (C=O) groups is 1. The Balaban J connectivity index is 2.89. The number of nitrogens with one attached hydrogen (secondary N) is 1. The molecule has 110 valence electrons. The molecule has 1 atom stereocenters. The summed E-state index contributed by atoms with van der Waals surface area (Å²) in [5.74, 6) is -1.07. The Kier molecular flexibility index (Phi) is 5.87. The Morgan fingerprint density at radius 2 is 1.95 bits per heavy atom. The van der Waals surface area contributed by atoms with E-state index >= 15 is 0 Å². The summed E-state index contributed by atoms with van der Waals surface area (Å²) in [5, 5.41) is 17.5. The smallest absolute Gasteiger partial charge is 0.328 e. The summed E-state index contributed by atoms with van der Waals surface area (Å²) in [6, 6.07) is 5.26. The zero-order valence-electron chi connectivity index (χ0n) is 11.0. The van der Waals surface area contributed by atoms with Crippen LogP contribution in [0.2, 0.25) is 0 Å². The lowest BCUT2D eigenvalue weighted by atomic mass is 10.2. The second-order valence-corrected chi connectivity index (χ2v) is 5.86. The molecular weight excluding hydrogens is 282 g/mol. The van der Waals surface area contributed by atoms with Gasteiger partial charge < -0.3 is 10.2 Å². The predicted octanol–water partition coefficient (Wildman–Crippen LogP) is 0.834. The maximum Gasteiger partial charge on any atom is 0.328 e. The van der Waals surface area contributed by atoms with Crippen molar-refractivity contribution in [1.29, 1.82) is 0 Å². The summed E-state index contributed by atoms with van der Waals surface area (Å²) in [5.41, 5.74) is 0.584. The first-order valence-electron chi connectivity index (χ1n) is 6.03. The Morgan fingerprint density at radius 1 is 1.35 bits per heavy atom. The fraction of sp³-hybridized carbons (Fsp3) is 0.308. The van der Waals surface area contributed by atoms with E-state index < -0.39 is 22.0 Å². The van der Waals surface area contributed by atoms with Gasteiger partial charge in [0.25, 0.3) is 0 Å². The zero-order valence-corrected chi connectivity index (χ0v) is 11.8. The van der Waals surface area contributed by atoms with E-state index in [0.717, 1.165) is 6.08 Å². The molecular formula is C13H17NO5S. The van der Waals surface area contributed by atoms with Crippen molar-refractivity contribution in [2.24, 2.45) is 0 Å². The largest absolute Gasteiger partial charge is 0.478 e. The molecule has 0 heterocycles. The van der Waals surface area contributed by atoms with Crippen LogP contribution in [0.4, 0.5) is 0 Å². The number of aliphatic hydroxyl groups is 1. The molecule has 3 N–H and O–H groups in total. The van der Waals surface area contributed by atoms with Crippen LogP contribution in [-0.2, 0) is 14.8 Å². The van der Waals surface area contributed by atoms with E-state index in [1.54, 1.807) is 6.92 Å². The number of benzene rings is 1. The first-order valence-corrected chi connectivity index (χ1v) is 7.51. The van der Waals surface area contributed by atoms with Gasteiger partial charge in [-0.2, -0.15) is 0 Å². The van der Waals surface area contributed by atoms with Crippen molar-refractivity contribution < 1.29 is 23.4 Å². The van der Waals surface area contributed by atoms with Gasteiger partial charge in [0.15, 0.2) is 0 Å². The number of carboxylic acid groups (broad SMARTS) is 1. The molecule has 0 bridgehead atoms. The van der Waals surface area contributed by atoms with E-state index in [0.29, 0.717) is 12.0 Å². The second kappa shape index (κ2) is 7.18. The standard InChI is InChI=1S/C13H17NO5S/c1-2-11(9-15)14-20(18,19)12-6-3-10(4-7-12)5-8-13(16)17/h3-8,11,14-15H,2,9H2,1H3,(H,16,17)/b8-5+. The van der Waals surface area contributed by atoms with E-state index in [4.69, 9.17) is 10.2 Å². The summed E-state index contributed by atoms with van der Waals surface area (Å²) in [6.45, 7) is 1.50. The van der Waals surface area contributed by atoms with E-state index in [1.165, 1.54) is 30.3 Å². The molecule has 0 aliphatic rings. The molecule has 0 saturated heterocycles. The van der Waals surface area contributed by atoms with Crippen LogP contribution >= 0.6 is 0 Å². The first-order chi connectivity index (χ1) is 9.39. The van der Waals surface area contributed by atoms with Crippen molar-refractivity contribution in [3.63, 3.8) is 0 Å². The van der Waals surface area contributed by atoms with Gasteiger partial charge in [-0.3, -0.25) is 0 Å². The molecule has 0 aliphatic carbocycles. The van der Waals surface area contributed by atoms with Crippen LogP contribution in [0.3, 0.4) is 0 Å². The van der Waals surface area contributed by atoms with Crippen LogP contribution in [-0.4, -0.2) is 37.2 Å². The second-order valence-electron chi connectivity index (χ2n) is 4.15. The van der Waals surface area contributed by atoms with Crippen LogP contribution in [0.15, 0.2) is 35.2 Å². The van der Waals surface area contributed by atoms with Gasteiger partial charge in [-0.1, -0.05) is 19.1 Å². The molecule has 0 saturated carbocycles. The first kappa shape index (κ1) is 16.4. The van der Waals surface area contributed by atoms with Crippen LogP contribution < -0.4 is 4.72 Å². The summed E-state index contributed by atoms with van der Waals surface area (Å²) < 4.78 is 26.4. The Labute approximate surface area is 117 Å². The molecule has 0 amide bonds. The number of hydrogen-bond acceptors (Lipinski definition) is 4. The molecule has 1 rings (SSSR count). The van der Waals surface area contributed by atoms with Crippen molar-refractivity contribution in [3.8, 4) is 0 Å². The van der Waals surface area contributed by atoms with Crippen molar-refractivity contribution >= 4 is 22.1 Å². The van der Waals surface area contributed by atoms with Crippen LogP contribution in [0.5, 0.6) is 0 Å². The summed E-state index contributed by atoms with van der Waals surface area (Å²) in [4.78, 5) is 10.4. The van der Waals surface area contributed by atoms with Crippen LogP contribution in [0, 0.1) is 0 Å². The average molecular weight is 299 g/mol. The highest BCUT2D eigenvalue weighted by Crippen LogP contribution is 2.12. The quantitative estimate of drug-likeness (QED) is 0.647. The molecule has 1 unspecified atom stereocenters. The third-order valence-corrected chi connectivity index (χ3v) is 4.18. The Bertz CT molecular complexity index is 573. The summed E-state index contributed by atoms with van der Waals surface area (Å²) >= 11 is 0. The monoisotopic (exact) mass is 299 g/mol. The molecule has 1 aromatic rings. The molecule has 0 aromatic heterocycles. The van der Waals surface area contributed by atoms with Crippen molar-refractivity contribution in [3.05, 3.63) is 35.9 Å². The number of aliphatic carboxylic acids is 1. The van der Waals surface area contributed by atoms with Crippen molar-refractivity contribution in [2.45, 2.75) is 24.3 Å². The Morgan fingerprint density at radius 3 is 2.40 bits per heavy atom. The molecule has 0 aliphatic heterocycles. The highest BCUT2D eigenvalue weighted by Gasteiger charge is 2.18. The fourth-order valence-electron chi connectivity index (χ4n) is 1.46. The molecule has 6 nitrogen and oxygen atoms in total. The minimum absolute atomic E-state index is 0.0666. The van der Waals surface area contributed by atoms with Gasteiger partial charge in [-0.25, -0.2) is 17.9 Å². The van der Waals surface area contributed by atoms with Gasteiger partial charge in [0, 0.05) is 12.1 Å². The maximum absolute atomic E-state index is 12.0. The minimum atomic E-state index is -3.68.